The van der Waals surface area contributed by atoms with Crippen molar-refractivity contribution < 1.29 is 14.3 Å². The smallest absolute Gasteiger partial charge is 0.307 e. The number of carboxylic acids is 1. The van der Waals surface area contributed by atoms with Crippen LogP contribution in [0, 0.1) is 6.92 Å². The summed E-state index contributed by atoms with van der Waals surface area (Å²) < 4.78 is 5.19. The molecule has 0 saturated heterocycles. The lowest BCUT2D eigenvalue weighted by molar-refractivity contribution is -0.135. The zero-order valence-corrected chi connectivity index (χ0v) is 6.78. The fourth-order valence-corrected chi connectivity index (χ4v) is 0.819. The molecule has 64 valence electrons. The minimum atomic E-state index is -0.838. The Morgan fingerprint density at radius 3 is 2.92 bits per heavy atom. The monoisotopic (exact) mass is 166 g/mol. The van der Waals surface area contributed by atoms with E-state index < -0.39 is 5.97 Å². The largest absolute Gasteiger partial charge is 0.481 e. The van der Waals surface area contributed by atoms with E-state index in [1.165, 1.54) is 0 Å². The van der Waals surface area contributed by atoms with Crippen LogP contribution in [0.4, 0.5) is 0 Å². The van der Waals surface area contributed by atoms with Crippen molar-refractivity contribution in [2.75, 3.05) is 0 Å². The van der Waals surface area contributed by atoms with Gasteiger partial charge in [-0.2, -0.15) is 0 Å². The number of hydrogen-bond donors (Lipinski definition) is 1. The van der Waals surface area contributed by atoms with Gasteiger partial charge in [0.05, 0.1) is 6.42 Å². The fraction of sp³-hybridized carbons (Fsp3) is 0.222. The van der Waals surface area contributed by atoms with Crippen LogP contribution in [-0.4, -0.2) is 11.1 Å². The number of furan rings is 1. The standard InChI is InChI=1S/C9H10O3/c1-7-5-6-8(12-7)3-2-4-9(10)11/h2-3,5-6H,4H2,1H3,(H,10,11). The molecule has 0 bridgehead atoms. The Bertz CT molecular complexity index is 296. The molecule has 1 N–H and O–H groups in total. The first kappa shape index (κ1) is 8.59. The summed E-state index contributed by atoms with van der Waals surface area (Å²) in [6, 6.07) is 3.63. The predicted octanol–water partition coefficient (Wildman–Crippen LogP) is 2.08. The van der Waals surface area contributed by atoms with E-state index in [9.17, 15) is 4.79 Å². The maximum Gasteiger partial charge on any atom is 0.307 e. The average Bonchev–Trinajstić information content (AvgIpc) is 2.35. The molecule has 0 aliphatic carbocycles. The van der Waals surface area contributed by atoms with Crippen LogP contribution in [0.25, 0.3) is 6.08 Å². The lowest BCUT2D eigenvalue weighted by atomic mass is 10.3. The average molecular weight is 166 g/mol. The molecule has 0 aliphatic rings. The molecule has 0 aliphatic heterocycles. The Hall–Kier alpha value is -1.51. The molecule has 3 nitrogen and oxygen atoms in total. The van der Waals surface area contributed by atoms with E-state index in [0.29, 0.717) is 5.76 Å². The number of rotatable bonds is 3. The molecular formula is C9H10O3. The maximum atomic E-state index is 10.1. The van der Waals surface area contributed by atoms with Gasteiger partial charge in [0.15, 0.2) is 0 Å². The highest BCUT2D eigenvalue weighted by Crippen LogP contribution is 2.07. The van der Waals surface area contributed by atoms with Crippen molar-refractivity contribution in [2.24, 2.45) is 0 Å². The van der Waals surface area contributed by atoms with E-state index in [2.05, 4.69) is 0 Å². The van der Waals surface area contributed by atoms with Crippen LogP contribution in [0.2, 0.25) is 0 Å². The maximum absolute atomic E-state index is 10.1. The summed E-state index contributed by atoms with van der Waals surface area (Å²) in [5.74, 6) is 0.674. The summed E-state index contributed by atoms with van der Waals surface area (Å²) in [5.41, 5.74) is 0. The summed E-state index contributed by atoms with van der Waals surface area (Å²) in [5, 5.41) is 8.31. The number of aryl methyl sites for hydroxylation is 1. The number of aliphatic carboxylic acids is 1. The van der Waals surface area contributed by atoms with Crippen LogP contribution in [-0.2, 0) is 4.79 Å². The van der Waals surface area contributed by atoms with Crippen LogP contribution < -0.4 is 0 Å². The van der Waals surface area contributed by atoms with Gasteiger partial charge in [0.25, 0.3) is 0 Å². The first-order chi connectivity index (χ1) is 5.68. The lowest BCUT2D eigenvalue weighted by Crippen LogP contribution is -1.89. The Kier molecular flexibility index (Phi) is 2.69. The summed E-state index contributed by atoms with van der Waals surface area (Å²) in [6.45, 7) is 1.84. The van der Waals surface area contributed by atoms with E-state index in [1.807, 2.05) is 13.0 Å². The molecule has 0 radical (unpaired) electrons. The van der Waals surface area contributed by atoms with Gasteiger partial charge in [-0.1, -0.05) is 6.08 Å². The van der Waals surface area contributed by atoms with E-state index in [-0.39, 0.29) is 6.42 Å². The summed E-state index contributed by atoms with van der Waals surface area (Å²) in [6.07, 6.45) is 3.24. The lowest BCUT2D eigenvalue weighted by Gasteiger charge is -1.84. The summed E-state index contributed by atoms with van der Waals surface area (Å²) >= 11 is 0. The second kappa shape index (κ2) is 3.76. The summed E-state index contributed by atoms with van der Waals surface area (Å²) in [4.78, 5) is 10.1. The molecule has 0 saturated carbocycles. The first-order valence-corrected chi connectivity index (χ1v) is 3.63. The van der Waals surface area contributed by atoms with Crippen molar-refractivity contribution in [3.8, 4) is 0 Å². The Morgan fingerprint density at radius 1 is 1.67 bits per heavy atom. The van der Waals surface area contributed by atoms with Crippen molar-refractivity contribution in [2.45, 2.75) is 13.3 Å². The van der Waals surface area contributed by atoms with Crippen molar-refractivity contribution in [3.05, 3.63) is 29.7 Å². The van der Waals surface area contributed by atoms with Gasteiger partial charge in [0.2, 0.25) is 0 Å². The number of carbonyl (C=O) groups is 1. The zero-order chi connectivity index (χ0) is 8.97. The molecule has 0 amide bonds. The quantitative estimate of drug-likeness (QED) is 0.747. The molecule has 0 fully saturated rings. The molecule has 1 aromatic heterocycles. The topological polar surface area (TPSA) is 50.4 Å². The van der Waals surface area contributed by atoms with Gasteiger partial charge in [-0.15, -0.1) is 0 Å². The van der Waals surface area contributed by atoms with Crippen molar-refractivity contribution >= 4 is 12.0 Å². The molecule has 0 atom stereocenters. The van der Waals surface area contributed by atoms with Gasteiger partial charge in [0, 0.05) is 0 Å². The second-order valence-corrected chi connectivity index (χ2v) is 2.45. The molecule has 0 unspecified atom stereocenters. The van der Waals surface area contributed by atoms with Gasteiger partial charge < -0.3 is 9.52 Å². The van der Waals surface area contributed by atoms with Crippen LogP contribution in [0.1, 0.15) is 17.9 Å². The summed E-state index contributed by atoms with van der Waals surface area (Å²) in [7, 11) is 0. The van der Waals surface area contributed by atoms with Gasteiger partial charge in [0.1, 0.15) is 11.5 Å². The predicted molar refractivity (Wildman–Crippen MR) is 44.7 cm³/mol. The minimum absolute atomic E-state index is 0.0275. The highest BCUT2D eigenvalue weighted by atomic mass is 16.4. The first-order valence-electron chi connectivity index (χ1n) is 3.63. The van der Waals surface area contributed by atoms with Gasteiger partial charge in [-0.05, 0) is 25.1 Å². The molecule has 1 rings (SSSR count). The van der Waals surface area contributed by atoms with Gasteiger partial charge in [-0.3, -0.25) is 4.79 Å². The SMILES string of the molecule is Cc1ccc(C=CCC(=O)O)o1. The van der Waals surface area contributed by atoms with Gasteiger partial charge >= 0.3 is 5.97 Å². The molecule has 1 aromatic rings. The van der Waals surface area contributed by atoms with Gasteiger partial charge in [-0.25, -0.2) is 0 Å². The Morgan fingerprint density at radius 2 is 2.42 bits per heavy atom. The molecule has 0 spiro atoms. The molecule has 12 heavy (non-hydrogen) atoms. The molecule has 0 aromatic carbocycles. The minimum Gasteiger partial charge on any atom is -0.481 e. The Labute approximate surface area is 70.3 Å². The van der Waals surface area contributed by atoms with Crippen molar-refractivity contribution in [1.29, 1.82) is 0 Å². The highest BCUT2D eigenvalue weighted by molar-refractivity contribution is 5.70. The number of carboxylic acid groups (broad SMARTS) is 1. The van der Waals surface area contributed by atoms with E-state index in [0.717, 1.165) is 5.76 Å². The Balaban J connectivity index is 2.52. The normalized spacial score (nSPS) is 10.8. The number of hydrogen-bond acceptors (Lipinski definition) is 2. The van der Waals surface area contributed by atoms with E-state index in [4.69, 9.17) is 9.52 Å². The molecular weight excluding hydrogens is 156 g/mol. The molecule has 3 heteroatoms. The fourth-order valence-electron chi connectivity index (χ4n) is 0.819. The van der Waals surface area contributed by atoms with Crippen LogP contribution in [0.5, 0.6) is 0 Å². The third-order valence-corrected chi connectivity index (χ3v) is 1.34. The third kappa shape index (κ3) is 2.62. The highest BCUT2D eigenvalue weighted by Gasteiger charge is 1.93. The van der Waals surface area contributed by atoms with E-state index in [1.54, 1.807) is 18.2 Å². The van der Waals surface area contributed by atoms with Crippen LogP contribution in [0.3, 0.4) is 0 Å². The van der Waals surface area contributed by atoms with E-state index >= 15 is 0 Å². The van der Waals surface area contributed by atoms with Crippen molar-refractivity contribution in [3.63, 3.8) is 0 Å². The third-order valence-electron chi connectivity index (χ3n) is 1.34. The second-order valence-electron chi connectivity index (χ2n) is 2.45. The van der Waals surface area contributed by atoms with Crippen LogP contribution in [0.15, 0.2) is 22.6 Å². The van der Waals surface area contributed by atoms with Crippen molar-refractivity contribution in [1.82, 2.24) is 0 Å². The molecule has 1 heterocycles. The zero-order valence-electron chi connectivity index (χ0n) is 6.78. The van der Waals surface area contributed by atoms with Crippen LogP contribution >= 0.6 is 0 Å².